The molecule has 4 heteroatoms. The number of aryl methyl sites for hydroxylation is 2. The van der Waals surface area contributed by atoms with Crippen LogP contribution in [-0.2, 0) is 12.8 Å². The summed E-state index contributed by atoms with van der Waals surface area (Å²) in [6.45, 7) is 4.16. The second-order valence-electron chi connectivity index (χ2n) is 4.89. The minimum absolute atomic E-state index is 0.220. The van der Waals surface area contributed by atoms with Crippen LogP contribution in [0, 0.1) is 0 Å². The molecule has 2 rings (SSSR count). The van der Waals surface area contributed by atoms with E-state index in [1.54, 1.807) is 12.1 Å². The largest absolute Gasteiger partial charge is 0.478 e. The van der Waals surface area contributed by atoms with Crippen LogP contribution in [0.3, 0.4) is 0 Å². The molecule has 110 valence electrons. The number of nitrogens with one attached hydrogen (secondary N) is 1. The first-order chi connectivity index (χ1) is 10.1. The van der Waals surface area contributed by atoms with Crippen LogP contribution in [0.2, 0.25) is 0 Å². The summed E-state index contributed by atoms with van der Waals surface area (Å²) in [6.07, 6.45) is 1.75. The van der Waals surface area contributed by atoms with E-state index in [0.29, 0.717) is 11.4 Å². The Kier molecular flexibility index (Phi) is 4.48. The van der Waals surface area contributed by atoms with Crippen LogP contribution in [0.1, 0.15) is 35.3 Å². The van der Waals surface area contributed by atoms with Crippen LogP contribution >= 0.6 is 0 Å². The lowest BCUT2D eigenvalue weighted by atomic mass is 10.0. The lowest BCUT2D eigenvalue weighted by molar-refractivity contribution is 0.0698. The van der Waals surface area contributed by atoms with Crippen molar-refractivity contribution in [2.45, 2.75) is 26.7 Å². The molecule has 0 atom stereocenters. The number of carbonyl (C=O) groups is 1. The summed E-state index contributed by atoms with van der Waals surface area (Å²) in [5, 5.41) is 12.6. The Hall–Kier alpha value is -2.49. The molecule has 0 saturated carbocycles. The molecular weight excluding hydrogens is 264 g/mol. The number of carboxylic acid groups (broad SMARTS) is 1. The van der Waals surface area contributed by atoms with E-state index in [4.69, 9.17) is 5.73 Å². The Balaban J connectivity index is 2.52. The number of aromatic carboxylic acids is 1. The fourth-order valence-electron chi connectivity index (χ4n) is 2.39. The number of carboxylic acids is 1. The van der Waals surface area contributed by atoms with Crippen molar-refractivity contribution in [2.75, 3.05) is 11.1 Å². The normalized spacial score (nSPS) is 10.4. The van der Waals surface area contributed by atoms with Gasteiger partial charge in [-0.2, -0.15) is 0 Å². The summed E-state index contributed by atoms with van der Waals surface area (Å²) < 4.78 is 0. The first-order valence-electron chi connectivity index (χ1n) is 7.07. The van der Waals surface area contributed by atoms with Gasteiger partial charge in [-0.3, -0.25) is 0 Å². The zero-order valence-corrected chi connectivity index (χ0v) is 12.3. The highest BCUT2D eigenvalue weighted by Gasteiger charge is 2.13. The van der Waals surface area contributed by atoms with Crippen LogP contribution in [0.15, 0.2) is 36.4 Å². The molecule has 0 radical (unpaired) electrons. The molecule has 0 spiro atoms. The van der Waals surface area contributed by atoms with E-state index in [-0.39, 0.29) is 5.56 Å². The minimum Gasteiger partial charge on any atom is -0.478 e. The van der Waals surface area contributed by atoms with E-state index in [1.807, 2.05) is 18.2 Å². The number of hydrogen-bond acceptors (Lipinski definition) is 3. The summed E-state index contributed by atoms with van der Waals surface area (Å²) in [5.41, 5.74) is 10.4. The first kappa shape index (κ1) is 14.9. The number of nitrogen functional groups attached to an aromatic ring is 1. The Morgan fingerprint density at radius 3 is 2.29 bits per heavy atom. The Morgan fingerprint density at radius 1 is 1.14 bits per heavy atom. The van der Waals surface area contributed by atoms with Crippen molar-refractivity contribution < 1.29 is 9.90 Å². The number of rotatable bonds is 5. The van der Waals surface area contributed by atoms with E-state index in [9.17, 15) is 9.90 Å². The van der Waals surface area contributed by atoms with E-state index in [2.05, 4.69) is 19.2 Å². The fraction of sp³-hybridized carbons (Fsp3) is 0.235. The van der Waals surface area contributed by atoms with Gasteiger partial charge >= 0.3 is 5.97 Å². The Morgan fingerprint density at radius 2 is 1.76 bits per heavy atom. The van der Waals surface area contributed by atoms with Gasteiger partial charge in [0, 0.05) is 11.4 Å². The van der Waals surface area contributed by atoms with Crippen LogP contribution in [0.4, 0.5) is 17.1 Å². The molecule has 0 saturated heterocycles. The maximum atomic E-state index is 11.4. The monoisotopic (exact) mass is 284 g/mol. The van der Waals surface area contributed by atoms with Crippen LogP contribution < -0.4 is 11.1 Å². The molecule has 21 heavy (non-hydrogen) atoms. The van der Waals surface area contributed by atoms with Gasteiger partial charge in [0.2, 0.25) is 0 Å². The molecule has 0 aliphatic carbocycles. The van der Waals surface area contributed by atoms with E-state index < -0.39 is 5.97 Å². The number of anilines is 3. The molecular formula is C17H20N2O2. The number of hydrogen-bond donors (Lipinski definition) is 3. The zero-order chi connectivity index (χ0) is 15.4. The minimum atomic E-state index is -0.968. The average Bonchev–Trinajstić information content (AvgIpc) is 2.47. The van der Waals surface area contributed by atoms with Gasteiger partial charge in [-0.15, -0.1) is 0 Å². The predicted molar refractivity (Wildman–Crippen MR) is 86.3 cm³/mol. The SMILES string of the molecule is CCc1cccc(CC)c1Nc1cc(N)ccc1C(=O)O. The molecule has 4 nitrogen and oxygen atoms in total. The molecule has 0 heterocycles. The van der Waals surface area contributed by atoms with Crippen molar-refractivity contribution in [1.82, 2.24) is 0 Å². The van der Waals surface area contributed by atoms with E-state index in [0.717, 1.165) is 29.7 Å². The molecule has 0 amide bonds. The highest BCUT2D eigenvalue weighted by atomic mass is 16.4. The fourth-order valence-corrected chi connectivity index (χ4v) is 2.39. The van der Waals surface area contributed by atoms with Crippen LogP contribution in [0.25, 0.3) is 0 Å². The second-order valence-corrected chi connectivity index (χ2v) is 4.89. The van der Waals surface area contributed by atoms with Crippen LogP contribution in [-0.4, -0.2) is 11.1 Å². The van der Waals surface area contributed by atoms with E-state index in [1.165, 1.54) is 6.07 Å². The summed E-state index contributed by atoms with van der Waals surface area (Å²) in [5.74, 6) is -0.968. The van der Waals surface area contributed by atoms with Gasteiger partial charge in [-0.1, -0.05) is 32.0 Å². The molecule has 0 bridgehead atoms. The van der Waals surface area contributed by atoms with Gasteiger partial charge in [-0.05, 0) is 42.2 Å². The number of benzene rings is 2. The van der Waals surface area contributed by atoms with Crippen molar-refractivity contribution in [3.8, 4) is 0 Å². The third-order valence-corrected chi connectivity index (χ3v) is 3.53. The van der Waals surface area contributed by atoms with Gasteiger partial charge in [0.15, 0.2) is 0 Å². The zero-order valence-electron chi connectivity index (χ0n) is 12.3. The quantitative estimate of drug-likeness (QED) is 0.729. The topological polar surface area (TPSA) is 75.3 Å². The Bertz CT molecular complexity index is 644. The molecule has 0 aliphatic rings. The van der Waals surface area contributed by atoms with Crippen molar-refractivity contribution in [3.63, 3.8) is 0 Å². The molecule has 0 aliphatic heterocycles. The molecule has 2 aromatic carbocycles. The van der Waals surface area contributed by atoms with Crippen LogP contribution in [0.5, 0.6) is 0 Å². The van der Waals surface area contributed by atoms with Gasteiger partial charge in [0.25, 0.3) is 0 Å². The molecule has 2 aromatic rings. The molecule has 4 N–H and O–H groups in total. The number of para-hydroxylation sites is 1. The summed E-state index contributed by atoms with van der Waals surface area (Å²) in [7, 11) is 0. The first-order valence-corrected chi connectivity index (χ1v) is 7.07. The highest BCUT2D eigenvalue weighted by Crippen LogP contribution is 2.29. The maximum absolute atomic E-state index is 11.4. The van der Waals surface area contributed by atoms with Gasteiger partial charge in [0.05, 0.1) is 11.3 Å². The van der Waals surface area contributed by atoms with Crippen molar-refractivity contribution >= 4 is 23.0 Å². The second kappa shape index (κ2) is 6.31. The predicted octanol–water partition coefficient (Wildman–Crippen LogP) is 3.84. The van der Waals surface area contributed by atoms with Crippen molar-refractivity contribution in [3.05, 3.63) is 53.1 Å². The van der Waals surface area contributed by atoms with Crippen molar-refractivity contribution in [1.29, 1.82) is 0 Å². The summed E-state index contributed by atoms with van der Waals surface area (Å²) >= 11 is 0. The number of nitrogens with two attached hydrogens (primary N) is 1. The third-order valence-electron chi connectivity index (χ3n) is 3.53. The van der Waals surface area contributed by atoms with Gasteiger partial charge in [-0.25, -0.2) is 4.79 Å². The third kappa shape index (κ3) is 3.16. The van der Waals surface area contributed by atoms with E-state index >= 15 is 0 Å². The lowest BCUT2D eigenvalue weighted by Crippen LogP contribution is -2.06. The highest BCUT2D eigenvalue weighted by molar-refractivity contribution is 5.96. The molecule has 0 aromatic heterocycles. The smallest absolute Gasteiger partial charge is 0.337 e. The lowest BCUT2D eigenvalue weighted by Gasteiger charge is -2.17. The summed E-state index contributed by atoms with van der Waals surface area (Å²) in [6, 6.07) is 10.9. The Labute approximate surface area is 124 Å². The molecule has 0 unspecified atom stereocenters. The van der Waals surface area contributed by atoms with Crippen molar-refractivity contribution in [2.24, 2.45) is 0 Å². The standard InChI is InChI=1S/C17H20N2O2/c1-3-11-6-5-7-12(4-2)16(11)19-15-10-13(18)8-9-14(15)17(20)21/h5-10,19H,3-4,18H2,1-2H3,(H,20,21). The van der Waals surface area contributed by atoms with Gasteiger partial charge < -0.3 is 16.2 Å². The van der Waals surface area contributed by atoms with Gasteiger partial charge in [0.1, 0.15) is 0 Å². The average molecular weight is 284 g/mol. The maximum Gasteiger partial charge on any atom is 0.337 e. The molecule has 0 fully saturated rings. The summed E-state index contributed by atoms with van der Waals surface area (Å²) in [4.78, 5) is 11.4.